The number of benzene rings is 2. The molecular weight excluding hydrogens is 485 g/mol. The van der Waals surface area contributed by atoms with Gasteiger partial charge in [-0.25, -0.2) is 4.79 Å². The van der Waals surface area contributed by atoms with E-state index < -0.39 is 23.0 Å². The van der Waals surface area contributed by atoms with Gasteiger partial charge in [0.1, 0.15) is 0 Å². The van der Waals surface area contributed by atoms with E-state index in [0.717, 1.165) is 64.2 Å². The van der Waals surface area contributed by atoms with Crippen LogP contribution in [0.25, 0.3) is 0 Å². The Kier molecular flexibility index (Phi) is 9.00. The van der Waals surface area contributed by atoms with Crippen LogP contribution in [0, 0.1) is 0 Å². The van der Waals surface area contributed by atoms with Crippen molar-refractivity contribution in [2.24, 2.45) is 0 Å². The monoisotopic (exact) mass is 516 g/mol. The Balaban J connectivity index is 0.000000469. The van der Waals surface area contributed by atoms with Crippen LogP contribution in [0.3, 0.4) is 0 Å². The Labute approximate surface area is 212 Å². The third-order valence-electron chi connectivity index (χ3n) is 6.86. The van der Waals surface area contributed by atoms with Gasteiger partial charge in [0.05, 0.1) is 32.0 Å². The molecule has 198 valence electrons. The summed E-state index contributed by atoms with van der Waals surface area (Å²) in [7, 11) is 0. The highest BCUT2D eigenvalue weighted by Gasteiger charge is 2.31. The van der Waals surface area contributed by atoms with E-state index in [-0.39, 0.29) is 12.3 Å². The molecule has 1 aromatic heterocycles. The van der Waals surface area contributed by atoms with Crippen LogP contribution in [0.4, 0.5) is 13.2 Å². The molecule has 37 heavy (non-hydrogen) atoms. The van der Waals surface area contributed by atoms with Gasteiger partial charge in [-0.15, -0.1) is 0 Å². The Bertz CT molecular complexity index is 1250. The van der Waals surface area contributed by atoms with Crippen LogP contribution < -0.4 is 11.2 Å². The largest absolute Gasteiger partial charge is 0.416 e. The first-order valence-electron chi connectivity index (χ1n) is 12.5. The molecule has 9 heteroatoms. The molecule has 0 unspecified atom stereocenters. The minimum absolute atomic E-state index is 0.00392. The van der Waals surface area contributed by atoms with Crippen LogP contribution in [0.5, 0.6) is 0 Å². The third-order valence-corrected chi connectivity index (χ3v) is 6.86. The second-order valence-electron chi connectivity index (χ2n) is 9.36. The Morgan fingerprint density at radius 1 is 0.784 bits per heavy atom. The lowest BCUT2D eigenvalue weighted by Gasteiger charge is -2.29. The van der Waals surface area contributed by atoms with Crippen molar-refractivity contribution in [1.29, 1.82) is 0 Å². The number of nitrogens with one attached hydrogen (secondary N) is 2. The molecule has 2 aromatic carbocycles. The Morgan fingerprint density at radius 3 is 2.00 bits per heavy atom. The summed E-state index contributed by atoms with van der Waals surface area (Å²) in [5.41, 5.74) is 0.672. The summed E-state index contributed by atoms with van der Waals surface area (Å²) in [5, 5.41) is 0. The predicted molar refractivity (Wildman–Crippen MR) is 134 cm³/mol. The van der Waals surface area contributed by atoms with Crippen molar-refractivity contribution in [2.45, 2.75) is 50.1 Å². The lowest BCUT2D eigenvalue weighted by Crippen LogP contribution is -2.30. The summed E-state index contributed by atoms with van der Waals surface area (Å²) in [6.07, 6.45) is -0.974. The first-order valence-corrected chi connectivity index (χ1v) is 12.5. The molecule has 1 saturated carbocycles. The number of aromatic nitrogens is 2. The van der Waals surface area contributed by atoms with Gasteiger partial charge in [-0.1, -0.05) is 48.5 Å². The fourth-order valence-electron chi connectivity index (χ4n) is 5.00. The van der Waals surface area contributed by atoms with Gasteiger partial charge >= 0.3 is 11.9 Å². The fourth-order valence-corrected chi connectivity index (χ4v) is 5.00. The van der Waals surface area contributed by atoms with E-state index in [1.54, 1.807) is 6.07 Å². The van der Waals surface area contributed by atoms with Crippen molar-refractivity contribution in [3.8, 4) is 0 Å². The standard InChI is InChI=1S/C24H23F3N2O2.C4H8O2/c25-24(26,27)19-8-4-5-15(13-19)14-20-21(28-23(31)29-22(20)30)18-11-9-17(10-12-18)16-6-2-1-3-7-16;1-2-6-4-3-5-1/h1-8,13,17-18H,9-12,14H2,(H2,28,29,30,31);1-4H2. The van der Waals surface area contributed by atoms with Gasteiger partial charge < -0.3 is 14.5 Å². The second kappa shape index (κ2) is 12.4. The summed E-state index contributed by atoms with van der Waals surface area (Å²) in [4.78, 5) is 29.5. The molecular formula is C28H31F3N2O4. The van der Waals surface area contributed by atoms with Crippen molar-refractivity contribution < 1.29 is 22.6 Å². The number of hydrogen-bond donors (Lipinski definition) is 2. The average molecular weight is 517 g/mol. The van der Waals surface area contributed by atoms with Crippen LogP contribution in [0.2, 0.25) is 0 Å². The first kappa shape index (κ1) is 26.9. The van der Waals surface area contributed by atoms with Crippen molar-refractivity contribution in [2.75, 3.05) is 26.4 Å². The maximum Gasteiger partial charge on any atom is 0.416 e. The number of halogens is 3. The van der Waals surface area contributed by atoms with E-state index in [2.05, 4.69) is 22.1 Å². The van der Waals surface area contributed by atoms with Gasteiger partial charge in [0.25, 0.3) is 5.56 Å². The summed E-state index contributed by atoms with van der Waals surface area (Å²) < 4.78 is 49.1. The quantitative estimate of drug-likeness (QED) is 0.503. The number of hydrogen-bond acceptors (Lipinski definition) is 4. The average Bonchev–Trinajstić information content (AvgIpc) is 2.92. The molecule has 2 fully saturated rings. The van der Waals surface area contributed by atoms with Crippen LogP contribution >= 0.6 is 0 Å². The third kappa shape index (κ3) is 7.42. The van der Waals surface area contributed by atoms with E-state index >= 15 is 0 Å². The second-order valence-corrected chi connectivity index (χ2v) is 9.36. The van der Waals surface area contributed by atoms with E-state index in [4.69, 9.17) is 9.47 Å². The lowest BCUT2D eigenvalue weighted by molar-refractivity contribution is -0.137. The molecule has 1 aliphatic carbocycles. The maximum absolute atomic E-state index is 13.1. The number of H-pyrrole nitrogens is 2. The summed E-state index contributed by atoms with van der Waals surface area (Å²) in [6, 6.07) is 15.2. The van der Waals surface area contributed by atoms with Gasteiger partial charge in [0, 0.05) is 17.7 Å². The van der Waals surface area contributed by atoms with Gasteiger partial charge in [-0.05, 0) is 54.7 Å². The molecule has 2 aliphatic rings. The van der Waals surface area contributed by atoms with E-state index in [1.165, 1.54) is 11.6 Å². The van der Waals surface area contributed by atoms with Crippen molar-refractivity contribution in [1.82, 2.24) is 9.97 Å². The van der Waals surface area contributed by atoms with E-state index in [9.17, 15) is 22.8 Å². The molecule has 0 spiro atoms. The van der Waals surface area contributed by atoms with Crippen molar-refractivity contribution >= 4 is 0 Å². The summed E-state index contributed by atoms with van der Waals surface area (Å²) >= 11 is 0. The SMILES string of the molecule is C1COCCO1.O=c1[nH]c(C2CCC(c3ccccc3)CC2)c(Cc2cccc(C(F)(F)F)c2)c(=O)[nH]1. The molecule has 0 radical (unpaired) electrons. The highest BCUT2D eigenvalue weighted by atomic mass is 19.4. The smallest absolute Gasteiger partial charge is 0.377 e. The van der Waals surface area contributed by atoms with Gasteiger partial charge in [-0.3, -0.25) is 9.78 Å². The molecule has 2 heterocycles. The van der Waals surface area contributed by atoms with E-state index in [1.807, 2.05) is 18.2 Å². The minimum atomic E-state index is -4.45. The van der Waals surface area contributed by atoms with Crippen LogP contribution in [0.15, 0.2) is 64.2 Å². The zero-order valence-corrected chi connectivity index (χ0v) is 20.5. The Hall–Kier alpha value is -3.17. The normalized spacial score (nSPS) is 20.1. The van der Waals surface area contributed by atoms with Crippen LogP contribution in [-0.2, 0) is 22.1 Å². The molecule has 0 atom stereocenters. The number of ether oxygens (including phenoxy) is 2. The topological polar surface area (TPSA) is 84.2 Å². The molecule has 3 aromatic rings. The van der Waals surface area contributed by atoms with E-state index in [0.29, 0.717) is 22.7 Å². The predicted octanol–water partition coefficient (Wildman–Crippen LogP) is 5.15. The van der Waals surface area contributed by atoms with Gasteiger partial charge in [0.15, 0.2) is 0 Å². The molecule has 5 rings (SSSR count). The highest BCUT2D eigenvalue weighted by molar-refractivity contribution is 5.33. The summed E-state index contributed by atoms with van der Waals surface area (Å²) in [6.45, 7) is 3.11. The van der Waals surface area contributed by atoms with Crippen molar-refractivity contribution in [3.63, 3.8) is 0 Å². The maximum atomic E-state index is 13.1. The number of alkyl halides is 3. The molecule has 1 saturated heterocycles. The molecule has 0 bridgehead atoms. The van der Waals surface area contributed by atoms with Crippen LogP contribution in [-0.4, -0.2) is 36.4 Å². The summed E-state index contributed by atoms with van der Waals surface area (Å²) in [5.74, 6) is 0.425. The lowest BCUT2D eigenvalue weighted by atomic mass is 9.76. The molecule has 6 nitrogen and oxygen atoms in total. The molecule has 1 aliphatic heterocycles. The van der Waals surface area contributed by atoms with Crippen molar-refractivity contribution in [3.05, 3.63) is 103 Å². The highest BCUT2D eigenvalue weighted by Crippen LogP contribution is 2.40. The zero-order chi connectivity index (χ0) is 26.3. The molecule has 0 amide bonds. The Morgan fingerprint density at radius 2 is 1.41 bits per heavy atom. The van der Waals surface area contributed by atoms with Gasteiger partial charge in [0.2, 0.25) is 0 Å². The first-order chi connectivity index (χ1) is 17.8. The zero-order valence-electron chi connectivity index (χ0n) is 20.5. The molecule has 2 N–H and O–H groups in total. The minimum Gasteiger partial charge on any atom is -0.377 e. The number of aromatic amines is 2. The number of rotatable bonds is 4. The van der Waals surface area contributed by atoms with Crippen LogP contribution in [0.1, 0.15) is 65.5 Å². The fraction of sp³-hybridized carbons (Fsp3) is 0.429. The van der Waals surface area contributed by atoms with Gasteiger partial charge in [-0.2, -0.15) is 13.2 Å².